The number of hydrogen-bond donors (Lipinski definition) is 2. The van der Waals surface area contributed by atoms with Gasteiger partial charge < -0.3 is 10.2 Å². The van der Waals surface area contributed by atoms with Gasteiger partial charge in [-0.15, -0.1) is 0 Å². The van der Waals surface area contributed by atoms with E-state index in [9.17, 15) is 14.4 Å². The lowest BCUT2D eigenvalue weighted by Gasteiger charge is -2.36. The highest BCUT2D eigenvalue weighted by Gasteiger charge is 2.40. The summed E-state index contributed by atoms with van der Waals surface area (Å²) in [5.41, 5.74) is 3.93. The van der Waals surface area contributed by atoms with E-state index in [0.717, 1.165) is 37.3 Å². The Labute approximate surface area is 180 Å². The second-order valence-electron chi connectivity index (χ2n) is 8.32. The molecule has 2 fully saturated rings. The van der Waals surface area contributed by atoms with Crippen molar-refractivity contribution in [1.82, 2.24) is 25.4 Å². The molecule has 5 rings (SSSR count). The zero-order valence-corrected chi connectivity index (χ0v) is 17.2. The van der Waals surface area contributed by atoms with Crippen molar-refractivity contribution in [3.05, 3.63) is 65.0 Å². The van der Waals surface area contributed by atoms with Crippen molar-refractivity contribution < 1.29 is 14.4 Å². The SMILES string of the molecule is O=C1CCC(N2Cc3c(CN4CCNCC4c4cccnc4)cccc3C2=O)C(=O)N1. The van der Waals surface area contributed by atoms with Crippen LogP contribution in [0.1, 0.15) is 45.9 Å². The van der Waals surface area contributed by atoms with Gasteiger partial charge in [-0.25, -0.2) is 0 Å². The molecule has 2 N–H and O–H groups in total. The van der Waals surface area contributed by atoms with Gasteiger partial charge in [-0.05, 0) is 35.2 Å². The van der Waals surface area contributed by atoms with E-state index in [1.54, 1.807) is 11.1 Å². The molecule has 0 radical (unpaired) electrons. The number of hydrogen-bond acceptors (Lipinski definition) is 6. The van der Waals surface area contributed by atoms with Gasteiger partial charge in [0.15, 0.2) is 0 Å². The molecule has 0 aliphatic carbocycles. The second kappa shape index (κ2) is 8.20. The molecule has 2 aromatic rings. The Bertz CT molecular complexity index is 1030. The average molecular weight is 419 g/mol. The van der Waals surface area contributed by atoms with Crippen molar-refractivity contribution >= 4 is 17.7 Å². The Morgan fingerprint density at radius 2 is 2.00 bits per heavy atom. The van der Waals surface area contributed by atoms with Crippen LogP contribution in [0.4, 0.5) is 0 Å². The lowest BCUT2D eigenvalue weighted by molar-refractivity contribution is -0.136. The second-order valence-corrected chi connectivity index (χ2v) is 8.32. The summed E-state index contributed by atoms with van der Waals surface area (Å²) in [5, 5.41) is 5.83. The van der Waals surface area contributed by atoms with Crippen LogP contribution in [0.2, 0.25) is 0 Å². The number of piperidine rings is 1. The first-order valence-electron chi connectivity index (χ1n) is 10.7. The Morgan fingerprint density at radius 1 is 1.10 bits per heavy atom. The lowest BCUT2D eigenvalue weighted by atomic mass is 10.00. The standard InChI is InChI=1S/C23H25N5O3/c29-21-7-6-19(22(30)26-21)28-14-18-16(3-1-5-17(18)23(28)31)13-27-10-9-25-12-20(27)15-4-2-8-24-11-15/h1-5,8,11,19-20,25H,6-7,9-10,12-14H2,(H,26,29,30). The molecule has 0 bridgehead atoms. The van der Waals surface area contributed by atoms with Gasteiger partial charge >= 0.3 is 0 Å². The van der Waals surface area contributed by atoms with E-state index in [1.807, 2.05) is 24.4 Å². The molecule has 2 unspecified atom stereocenters. The number of carbonyl (C=O) groups excluding carboxylic acids is 3. The van der Waals surface area contributed by atoms with Crippen LogP contribution in [0, 0.1) is 0 Å². The summed E-state index contributed by atoms with van der Waals surface area (Å²) in [4.78, 5) is 45.2. The number of rotatable bonds is 4. The molecular formula is C23H25N5O3. The summed E-state index contributed by atoms with van der Waals surface area (Å²) in [7, 11) is 0. The van der Waals surface area contributed by atoms with Crippen LogP contribution in [-0.2, 0) is 22.7 Å². The number of nitrogens with one attached hydrogen (secondary N) is 2. The van der Waals surface area contributed by atoms with E-state index in [2.05, 4.69) is 32.7 Å². The number of benzene rings is 1. The Morgan fingerprint density at radius 3 is 2.81 bits per heavy atom. The van der Waals surface area contributed by atoms with Crippen LogP contribution in [0.3, 0.4) is 0 Å². The number of amides is 3. The first kappa shape index (κ1) is 19.8. The van der Waals surface area contributed by atoms with Gasteiger partial charge in [-0.3, -0.25) is 29.6 Å². The molecule has 160 valence electrons. The molecular weight excluding hydrogens is 394 g/mol. The van der Waals surface area contributed by atoms with Crippen LogP contribution in [0.15, 0.2) is 42.7 Å². The third kappa shape index (κ3) is 3.73. The molecule has 4 heterocycles. The number of pyridine rings is 1. The molecule has 8 nitrogen and oxygen atoms in total. The van der Waals surface area contributed by atoms with Gasteiger partial charge in [0.1, 0.15) is 6.04 Å². The van der Waals surface area contributed by atoms with Gasteiger partial charge in [-0.1, -0.05) is 18.2 Å². The van der Waals surface area contributed by atoms with Crippen LogP contribution < -0.4 is 10.6 Å². The van der Waals surface area contributed by atoms with Crippen LogP contribution in [0.25, 0.3) is 0 Å². The smallest absolute Gasteiger partial charge is 0.255 e. The van der Waals surface area contributed by atoms with Gasteiger partial charge in [0.25, 0.3) is 5.91 Å². The summed E-state index contributed by atoms with van der Waals surface area (Å²) < 4.78 is 0. The van der Waals surface area contributed by atoms with Crippen molar-refractivity contribution in [3.63, 3.8) is 0 Å². The van der Waals surface area contributed by atoms with Crippen molar-refractivity contribution in [1.29, 1.82) is 0 Å². The van der Waals surface area contributed by atoms with Crippen molar-refractivity contribution in [2.24, 2.45) is 0 Å². The largest absolute Gasteiger partial charge is 0.322 e. The number of nitrogens with zero attached hydrogens (tertiary/aromatic N) is 3. The molecule has 31 heavy (non-hydrogen) atoms. The van der Waals surface area contributed by atoms with E-state index < -0.39 is 6.04 Å². The van der Waals surface area contributed by atoms with E-state index in [-0.39, 0.29) is 30.2 Å². The first-order valence-corrected chi connectivity index (χ1v) is 10.7. The maximum Gasteiger partial charge on any atom is 0.255 e. The highest BCUT2D eigenvalue weighted by Crippen LogP contribution is 2.32. The molecule has 0 saturated carbocycles. The number of piperazine rings is 1. The summed E-state index contributed by atoms with van der Waals surface area (Å²) in [5.74, 6) is -0.778. The molecule has 1 aromatic carbocycles. The normalized spacial score (nSPS) is 24.3. The number of aromatic nitrogens is 1. The van der Waals surface area contributed by atoms with E-state index in [0.29, 0.717) is 18.5 Å². The minimum atomic E-state index is -0.590. The topological polar surface area (TPSA) is 94.6 Å². The molecule has 3 aliphatic heterocycles. The van der Waals surface area contributed by atoms with Gasteiger partial charge in [0.2, 0.25) is 11.8 Å². The van der Waals surface area contributed by atoms with Crippen LogP contribution in [-0.4, -0.2) is 58.2 Å². The summed E-state index contributed by atoms with van der Waals surface area (Å²) >= 11 is 0. The molecule has 0 spiro atoms. The monoisotopic (exact) mass is 419 g/mol. The summed E-state index contributed by atoms with van der Waals surface area (Å²) in [6.07, 6.45) is 4.33. The van der Waals surface area contributed by atoms with Gasteiger partial charge in [-0.2, -0.15) is 0 Å². The lowest BCUT2D eigenvalue weighted by Crippen LogP contribution is -2.52. The van der Waals surface area contributed by atoms with Crippen molar-refractivity contribution in [2.75, 3.05) is 19.6 Å². The third-order valence-electron chi connectivity index (χ3n) is 6.48. The summed E-state index contributed by atoms with van der Waals surface area (Å²) in [6, 6.07) is 9.50. The Kier molecular flexibility index (Phi) is 5.25. The average Bonchev–Trinajstić information content (AvgIpc) is 3.12. The van der Waals surface area contributed by atoms with E-state index in [4.69, 9.17) is 0 Å². The molecule has 1 aromatic heterocycles. The predicted octanol–water partition coefficient (Wildman–Crippen LogP) is 0.989. The van der Waals surface area contributed by atoms with Gasteiger partial charge in [0.05, 0.1) is 0 Å². The molecule has 8 heteroatoms. The predicted molar refractivity (Wildman–Crippen MR) is 113 cm³/mol. The van der Waals surface area contributed by atoms with E-state index in [1.165, 1.54) is 5.56 Å². The Balaban J connectivity index is 1.39. The van der Waals surface area contributed by atoms with Gasteiger partial charge in [0, 0.05) is 63.1 Å². The minimum Gasteiger partial charge on any atom is -0.322 e. The van der Waals surface area contributed by atoms with Crippen LogP contribution in [0.5, 0.6) is 0 Å². The maximum absolute atomic E-state index is 13.1. The highest BCUT2D eigenvalue weighted by atomic mass is 16.2. The Hall–Kier alpha value is -3.10. The molecule has 2 saturated heterocycles. The minimum absolute atomic E-state index is 0.129. The number of imide groups is 1. The number of carbonyl (C=O) groups is 3. The van der Waals surface area contributed by atoms with Crippen LogP contribution >= 0.6 is 0 Å². The fourth-order valence-electron chi connectivity index (χ4n) is 4.85. The summed E-state index contributed by atoms with van der Waals surface area (Å²) in [6.45, 7) is 3.78. The molecule has 3 amide bonds. The highest BCUT2D eigenvalue weighted by molar-refractivity contribution is 6.05. The fourth-order valence-corrected chi connectivity index (χ4v) is 4.85. The fraction of sp³-hybridized carbons (Fsp3) is 0.391. The zero-order valence-electron chi connectivity index (χ0n) is 17.2. The molecule has 3 aliphatic rings. The van der Waals surface area contributed by atoms with Crippen molar-refractivity contribution in [2.45, 2.75) is 38.0 Å². The quantitative estimate of drug-likeness (QED) is 0.718. The first-order chi connectivity index (χ1) is 15.1. The number of fused-ring (bicyclic) bond motifs is 1. The van der Waals surface area contributed by atoms with E-state index >= 15 is 0 Å². The maximum atomic E-state index is 13.1. The third-order valence-corrected chi connectivity index (χ3v) is 6.48. The zero-order chi connectivity index (χ0) is 21.4. The van der Waals surface area contributed by atoms with Crippen molar-refractivity contribution in [3.8, 4) is 0 Å². The molecule has 2 atom stereocenters.